The van der Waals surface area contributed by atoms with Gasteiger partial charge >= 0.3 is 6.09 Å². The third kappa shape index (κ3) is 8.67. The van der Waals surface area contributed by atoms with E-state index in [1.54, 1.807) is 25.7 Å². The number of aliphatic hydroxyl groups is 1. The topological polar surface area (TPSA) is 128 Å². The molecule has 5 atom stereocenters. The highest BCUT2D eigenvalue weighted by Gasteiger charge is 2.48. The summed E-state index contributed by atoms with van der Waals surface area (Å²) < 4.78 is 5.58. The molecule has 0 saturated carbocycles. The van der Waals surface area contributed by atoms with Crippen molar-refractivity contribution in [2.24, 2.45) is 5.92 Å². The summed E-state index contributed by atoms with van der Waals surface area (Å²) in [5.74, 6) is -1.77. The highest BCUT2D eigenvalue weighted by atomic mass is 16.6. The molecule has 2 heterocycles. The van der Waals surface area contributed by atoms with Crippen LogP contribution in [0.25, 0.3) is 0 Å². The van der Waals surface area contributed by atoms with E-state index in [-0.39, 0.29) is 25.0 Å². The van der Waals surface area contributed by atoms with E-state index < -0.39 is 53.6 Å². The lowest BCUT2D eigenvalue weighted by Gasteiger charge is -2.34. The molecule has 0 radical (unpaired) electrons. The molecule has 5 rings (SSSR count). The predicted molar refractivity (Wildman–Crippen MR) is 186 cm³/mol. The van der Waals surface area contributed by atoms with Crippen LogP contribution in [0, 0.1) is 5.92 Å². The molecule has 260 valence electrons. The summed E-state index contributed by atoms with van der Waals surface area (Å²) in [6.07, 6.45) is 1.73. The highest BCUT2D eigenvalue weighted by Crippen LogP contribution is 2.35. The van der Waals surface area contributed by atoms with E-state index in [2.05, 4.69) is 10.6 Å². The van der Waals surface area contributed by atoms with Gasteiger partial charge in [-0.05, 0) is 63.1 Å². The minimum Gasteiger partial charge on any atom is -0.444 e. The molecular formula is C39H48N4O6. The number of carbonyl (C=O) groups is 4. The predicted octanol–water partition coefficient (Wildman–Crippen LogP) is 4.62. The summed E-state index contributed by atoms with van der Waals surface area (Å²) >= 11 is 0. The average Bonchev–Trinajstić information content (AvgIpc) is 3.48. The number of nitrogens with zero attached hydrogens (tertiary/aromatic N) is 2. The zero-order valence-corrected chi connectivity index (χ0v) is 28.7. The Morgan fingerprint density at radius 2 is 1.43 bits per heavy atom. The fraction of sp³-hybridized carbons (Fsp3) is 0.436. The number of nitrogens with one attached hydrogen (secondary N) is 2. The average molecular weight is 669 g/mol. The molecule has 0 aromatic heterocycles. The van der Waals surface area contributed by atoms with Crippen molar-refractivity contribution >= 4 is 23.8 Å². The molecule has 0 bridgehead atoms. The van der Waals surface area contributed by atoms with Crippen molar-refractivity contribution in [1.82, 2.24) is 20.4 Å². The number of benzene rings is 3. The molecule has 2 aliphatic heterocycles. The van der Waals surface area contributed by atoms with E-state index in [0.717, 1.165) is 16.7 Å². The highest BCUT2D eigenvalue weighted by molar-refractivity contribution is 5.95. The molecule has 10 heteroatoms. The van der Waals surface area contributed by atoms with E-state index in [4.69, 9.17) is 4.74 Å². The lowest BCUT2D eigenvalue weighted by molar-refractivity contribution is -0.144. The Bertz CT molecular complexity index is 1540. The van der Waals surface area contributed by atoms with Gasteiger partial charge < -0.3 is 25.4 Å². The zero-order valence-electron chi connectivity index (χ0n) is 28.7. The van der Waals surface area contributed by atoms with Gasteiger partial charge in [-0.3, -0.25) is 19.3 Å². The number of carbonyl (C=O) groups excluding carboxylic acids is 4. The van der Waals surface area contributed by atoms with Crippen molar-refractivity contribution in [2.75, 3.05) is 13.7 Å². The second-order valence-corrected chi connectivity index (χ2v) is 14.1. The Morgan fingerprint density at radius 3 is 1.98 bits per heavy atom. The number of likely N-dealkylation sites (N-methyl/N-ethyl adjacent to an activating group) is 1. The molecule has 0 spiro atoms. The molecule has 3 aromatic carbocycles. The van der Waals surface area contributed by atoms with Gasteiger partial charge in [0.2, 0.25) is 17.7 Å². The first-order valence-corrected chi connectivity index (χ1v) is 17.1. The van der Waals surface area contributed by atoms with Gasteiger partial charge in [0.15, 0.2) is 0 Å². The quantitative estimate of drug-likeness (QED) is 0.290. The van der Waals surface area contributed by atoms with E-state index in [0.29, 0.717) is 25.7 Å². The number of hydrogen-bond donors (Lipinski definition) is 3. The van der Waals surface area contributed by atoms with Gasteiger partial charge in [-0.2, -0.15) is 0 Å². The first kappa shape index (κ1) is 35.6. The molecular weight excluding hydrogens is 620 g/mol. The maximum absolute atomic E-state index is 14.5. The summed E-state index contributed by atoms with van der Waals surface area (Å²) in [5, 5.41) is 16.6. The van der Waals surface area contributed by atoms with Gasteiger partial charge in [0.05, 0.1) is 6.04 Å². The lowest BCUT2D eigenvalue weighted by Crippen LogP contribution is -2.59. The Labute approximate surface area is 288 Å². The lowest BCUT2D eigenvalue weighted by atomic mass is 9.93. The van der Waals surface area contributed by atoms with Crippen LogP contribution in [0.5, 0.6) is 0 Å². The second-order valence-electron chi connectivity index (χ2n) is 14.1. The summed E-state index contributed by atoms with van der Waals surface area (Å²) in [5.41, 5.74) is 1.89. The maximum Gasteiger partial charge on any atom is 0.410 e. The van der Waals surface area contributed by atoms with Crippen molar-refractivity contribution in [3.05, 3.63) is 108 Å². The molecule has 2 saturated heterocycles. The van der Waals surface area contributed by atoms with Gasteiger partial charge in [0.1, 0.15) is 23.7 Å². The SMILES string of the molecule is CN(C(=O)OC(C)(C)C)[C@H](Cc1ccccc1)C(=O)N[C@@H]1C(=O)N2[C@@H](CC[C@@H]1CO)CC[C@H]2C(=O)NC(c1ccccc1)c1ccccc1. The van der Waals surface area contributed by atoms with Gasteiger partial charge in [-0.25, -0.2) is 4.79 Å². The van der Waals surface area contributed by atoms with Gasteiger partial charge in [-0.1, -0.05) is 91.0 Å². The zero-order chi connectivity index (χ0) is 35.1. The van der Waals surface area contributed by atoms with Crippen molar-refractivity contribution < 1.29 is 29.0 Å². The standard InChI is InChI=1S/C39H48N4O6/c1-39(2,3)49-38(48)42(4)32(24-26-14-8-5-9-15-26)36(46)41-34-29(25-44)20-21-30-22-23-31(43(30)37(34)47)35(45)40-33(27-16-10-6-11-17-27)28-18-12-7-13-19-28/h5-19,29-34,44H,20-25H2,1-4H3,(H,40,45)(H,41,46)/t29-,30+,31+,32-,34+/m1/s1. The summed E-state index contributed by atoms with van der Waals surface area (Å²) in [4.78, 5) is 58.7. The van der Waals surface area contributed by atoms with Crippen LogP contribution in [0.2, 0.25) is 0 Å². The molecule has 49 heavy (non-hydrogen) atoms. The number of fused-ring (bicyclic) bond motifs is 1. The molecule has 2 fully saturated rings. The van der Waals surface area contributed by atoms with E-state index >= 15 is 0 Å². The Balaban J connectivity index is 1.39. The Kier molecular flexibility index (Phi) is 11.4. The second kappa shape index (κ2) is 15.7. The first-order valence-electron chi connectivity index (χ1n) is 17.1. The molecule has 4 amide bonds. The third-order valence-electron chi connectivity index (χ3n) is 9.48. The summed E-state index contributed by atoms with van der Waals surface area (Å²) in [7, 11) is 1.51. The van der Waals surface area contributed by atoms with Gasteiger partial charge in [0.25, 0.3) is 0 Å². The normalized spacial score (nSPS) is 21.3. The fourth-order valence-corrected chi connectivity index (χ4v) is 6.91. The van der Waals surface area contributed by atoms with Crippen molar-refractivity contribution in [3.8, 4) is 0 Å². The van der Waals surface area contributed by atoms with Crippen LogP contribution >= 0.6 is 0 Å². The maximum atomic E-state index is 14.5. The number of ether oxygens (including phenoxy) is 1. The summed E-state index contributed by atoms with van der Waals surface area (Å²) in [6, 6.07) is 25.3. The first-order chi connectivity index (χ1) is 23.5. The van der Waals surface area contributed by atoms with Gasteiger partial charge in [0, 0.05) is 32.0 Å². The number of rotatable bonds is 10. The largest absolute Gasteiger partial charge is 0.444 e. The summed E-state index contributed by atoms with van der Waals surface area (Å²) in [6.45, 7) is 4.94. The van der Waals surface area contributed by atoms with Crippen molar-refractivity contribution in [3.63, 3.8) is 0 Å². The molecule has 2 aliphatic rings. The van der Waals surface area contributed by atoms with Crippen molar-refractivity contribution in [2.45, 2.75) is 88.7 Å². The smallest absolute Gasteiger partial charge is 0.410 e. The van der Waals surface area contributed by atoms with Crippen LogP contribution in [0.3, 0.4) is 0 Å². The molecule has 3 aromatic rings. The van der Waals surface area contributed by atoms with Crippen LogP contribution in [-0.4, -0.2) is 82.1 Å². The van der Waals surface area contributed by atoms with E-state index in [1.807, 2.05) is 91.0 Å². The number of aliphatic hydroxyl groups excluding tert-OH is 1. The van der Waals surface area contributed by atoms with Crippen LogP contribution in [0.15, 0.2) is 91.0 Å². The van der Waals surface area contributed by atoms with Crippen molar-refractivity contribution in [1.29, 1.82) is 0 Å². The van der Waals surface area contributed by atoms with Gasteiger partial charge in [-0.15, -0.1) is 0 Å². The molecule has 10 nitrogen and oxygen atoms in total. The van der Waals surface area contributed by atoms with Crippen LogP contribution in [-0.2, 0) is 25.5 Å². The third-order valence-corrected chi connectivity index (χ3v) is 9.48. The molecule has 0 aliphatic carbocycles. The number of hydrogen-bond acceptors (Lipinski definition) is 6. The van der Waals surface area contributed by atoms with Crippen LogP contribution in [0.4, 0.5) is 4.79 Å². The minimum atomic E-state index is -1.08. The van der Waals surface area contributed by atoms with Crippen LogP contribution in [0.1, 0.15) is 69.2 Å². The monoisotopic (exact) mass is 668 g/mol. The fourth-order valence-electron chi connectivity index (χ4n) is 6.91. The Hall–Kier alpha value is -4.70. The Morgan fingerprint density at radius 1 is 0.878 bits per heavy atom. The number of amides is 4. The minimum absolute atomic E-state index is 0.185. The van der Waals surface area contributed by atoms with E-state index in [9.17, 15) is 24.3 Å². The molecule has 3 N–H and O–H groups in total. The van der Waals surface area contributed by atoms with E-state index in [1.165, 1.54) is 11.9 Å². The van der Waals surface area contributed by atoms with Crippen LogP contribution < -0.4 is 10.6 Å². The molecule has 0 unspecified atom stereocenters.